The summed E-state index contributed by atoms with van der Waals surface area (Å²) < 4.78 is 16.9. The molecule has 1 aliphatic rings. The lowest BCUT2D eigenvalue weighted by Gasteiger charge is -2.31. The molecule has 3 unspecified atom stereocenters. The van der Waals surface area contributed by atoms with Crippen molar-refractivity contribution in [3.63, 3.8) is 0 Å². The molecule has 8 heteroatoms. The first-order chi connectivity index (χ1) is 20.9. The van der Waals surface area contributed by atoms with E-state index in [1.165, 1.54) is 6.42 Å². The highest BCUT2D eigenvalue weighted by atomic mass is 16.6. The average Bonchev–Trinajstić information content (AvgIpc) is 3.01. The number of carbonyl (C=O) groups excluding carboxylic acids is 3. The van der Waals surface area contributed by atoms with Crippen LogP contribution in [0.15, 0.2) is 0 Å². The Morgan fingerprint density at radius 2 is 1.11 bits per heavy atom. The summed E-state index contributed by atoms with van der Waals surface area (Å²) in [5.41, 5.74) is -0.890. The van der Waals surface area contributed by atoms with Gasteiger partial charge in [0.2, 0.25) is 0 Å². The number of aliphatic hydroxyl groups is 2. The maximum atomic E-state index is 13.4. The maximum Gasteiger partial charge on any atom is 0.310 e. The molecule has 0 spiro atoms. The first-order valence-corrected chi connectivity index (χ1v) is 17.7. The van der Waals surface area contributed by atoms with E-state index in [0.717, 1.165) is 96.3 Å². The Bertz CT molecular complexity index is 793. The minimum atomic E-state index is -0.501. The van der Waals surface area contributed by atoms with Gasteiger partial charge in [0.15, 0.2) is 0 Å². The van der Waals surface area contributed by atoms with Crippen molar-refractivity contribution in [1.82, 2.24) is 0 Å². The largest absolute Gasteiger partial charge is 0.465 e. The monoisotopic (exact) mass is 626 g/mol. The second-order valence-electron chi connectivity index (χ2n) is 14.7. The second kappa shape index (κ2) is 22.8. The summed E-state index contributed by atoms with van der Waals surface area (Å²) in [6, 6.07) is 0. The first kappa shape index (κ1) is 40.4. The lowest BCUT2D eigenvalue weighted by Crippen LogP contribution is -2.38. The number of carbonyl (C=O) groups is 3. The van der Waals surface area contributed by atoms with Gasteiger partial charge in [0.05, 0.1) is 38.3 Å². The van der Waals surface area contributed by atoms with Crippen molar-refractivity contribution in [2.45, 2.75) is 163 Å². The van der Waals surface area contributed by atoms with E-state index >= 15 is 0 Å². The Kier molecular flexibility index (Phi) is 20.9. The van der Waals surface area contributed by atoms with Crippen molar-refractivity contribution in [2.24, 2.45) is 22.7 Å². The number of esters is 3. The Labute approximate surface area is 268 Å². The minimum Gasteiger partial charge on any atom is -0.465 e. The number of hydrogen-bond acceptors (Lipinski definition) is 8. The van der Waals surface area contributed by atoms with Crippen LogP contribution in [0.1, 0.15) is 157 Å². The summed E-state index contributed by atoms with van der Waals surface area (Å²) in [5, 5.41) is 18.8. The molecular weight excluding hydrogens is 560 g/mol. The zero-order chi connectivity index (χ0) is 32.8. The Morgan fingerprint density at radius 1 is 0.659 bits per heavy atom. The third-order valence-electron chi connectivity index (χ3n) is 8.78. The molecule has 258 valence electrons. The molecule has 44 heavy (non-hydrogen) atoms. The number of ether oxygens (including phenoxy) is 3. The molecule has 0 aromatic heterocycles. The van der Waals surface area contributed by atoms with E-state index < -0.39 is 17.3 Å². The van der Waals surface area contributed by atoms with Gasteiger partial charge in [-0.1, -0.05) is 105 Å². The topological polar surface area (TPSA) is 119 Å². The number of rotatable bonds is 25. The van der Waals surface area contributed by atoms with Gasteiger partial charge in [0.25, 0.3) is 0 Å². The van der Waals surface area contributed by atoms with E-state index in [1.54, 1.807) is 0 Å². The highest BCUT2D eigenvalue weighted by molar-refractivity contribution is 5.82. The van der Waals surface area contributed by atoms with E-state index in [9.17, 15) is 24.6 Å². The molecule has 0 saturated heterocycles. The van der Waals surface area contributed by atoms with Gasteiger partial charge in [-0.2, -0.15) is 0 Å². The van der Waals surface area contributed by atoms with Gasteiger partial charge in [-0.05, 0) is 44.9 Å². The minimum absolute atomic E-state index is 0.00393. The van der Waals surface area contributed by atoms with Crippen molar-refractivity contribution < 1.29 is 38.8 Å². The van der Waals surface area contributed by atoms with Crippen LogP contribution >= 0.6 is 0 Å². The standard InChI is InChI=1S/C36H66O8/c1-6-7-8-15-20-29(21-16-13-11-9-10-12-14-17-24-32(39)42-27-35(2,3)25-37)44-34(41)31-23-19-18-22-30(31)33(40)43-28-36(4,5)26-38/h29-31,37-38H,6-28H2,1-5H3. The van der Waals surface area contributed by atoms with Gasteiger partial charge < -0.3 is 24.4 Å². The third kappa shape index (κ3) is 18.3. The summed E-state index contributed by atoms with van der Waals surface area (Å²) in [6.45, 7) is 9.95. The average molecular weight is 627 g/mol. The summed E-state index contributed by atoms with van der Waals surface area (Å²) >= 11 is 0. The SMILES string of the molecule is CCCCCCC(CCCCCCCCCCC(=O)OCC(C)(C)CO)OC(=O)C1CCCCC1C(=O)OCC(C)(C)CO. The molecule has 1 rings (SSSR count). The number of hydrogen-bond donors (Lipinski definition) is 2. The van der Waals surface area contributed by atoms with Gasteiger partial charge in [0.1, 0.15) is 6.10 Å². The first-order valence-electron chi connectivity index (χ1n) is 17.7. The summed E-state index contributed by atoms with van der Waals surface area (Å²) in [4.78, 5) is 38.2. The highest BCUT2D eigenvalue weighted by Gasteiger charge is 2.39. The molecule has 0 heterocycles. The second-order valence-corrected chi connectivity index (χ2v) is 14.7. The molecule has 0 bridgehead atoms. The lowest BCUT2D eigenvalue weighted by molar-refractivity contribution is -0.168. The summed E-state index contributed by atoms with van der Waals surface area (Å²) in [5.74, 6) is -1.67. The Hall–Kier alpha value is -1.67. The van der Waals surface area contributed by atoms with Gasteiger partial charge in [-0.3, -0.25) is 14.4 Å². The van der Waals surface area contributed by atoms with Crippen LogP contribution in [0.3, 0.4) is 0 Å². The van der Waals surface area contributed by atoms with Crippen LogP contribution in [-0.4, -0.2) is 60.7 Å². The quantitative estimate of drug-likeness (QED) is 0.0601. The van der Waals surface area contributed by atoms with Crippen LogP contribution in [0.4, 0.5) is 0 Å². The smallest absolute Gasteiger partial charge is 0.310 e. The summed E-state index contributed by atoms with van der Waals surface area (Å²) in [6.07, 6.45) is 18.3. The van der Waals surface area contributed by atoms with Crippen molar-refractivity contribution in [3.05, 3.63) is 0 Å². The van der Waals surface area contributed by atoms with Gasteiger partial charge in [-0.15, -0.1) is 0 Å². The van der Waals surface area contributed by atoms with Gasteiger partial charge in [0, 0.05) is 17.3 Å². The summed E-state index contributed by atoms with van der Waals surface area (Å²) in [7, 11) is 0. The highest BCUT2D eigenvalue weighted by Crippen LogP contribution is 2.33. The van der Waals surface area contributed by atoms with E-state index in [4.69, 9.17) is 14.2 Å². The normalized spacial score (nSPS) is 18.1. The van der Waals surface area contributed by atoms with Crippen molar-refractivity contribution in [1.29, 1.82) is 0 Å². The van der Waals surface area contributed by atoms with Crippen molar-refractivity contribution >= 4 is 17.9 Å². The molecule has 0 aromatic carbocycles. The van der Waals surface area contributed by atoms with E-state index in [1.807, 2.05) is 27.7 Å². The molecule has 0 aliphatic heterocycles. The van der Waals surface area contributed by atoms with E-state index in [0.29, 0.717) is 19.3 Å². The van der Waals surface area contributed by atoms with Crippen molar-refractivity contribution in [3.8, 4) is 0 Å². The Morgan fingerprint density at radius 3 is 1.64 bits per heavy atom. The van der Waals surface area contributed by atoms with Gasteiger partial charge >= 0.3 is 17.9 Å². The fourth-order valence-corrected chi connectivity index (χ4v) is 5.52. The van der Waals surface area contributed by atoms with Crippen LogP contribution in [0, 0.1) is 22.7 Å². The third-order valence-corrected chi connectivity index (χ3v) is 8.78. The van der Waals surface area contributed by atoms with Gasteiger partial charge in [-0.25, -0.2) is 0 Å². The van der Waals surface area contributed by atoms with Crippen LogP contribution in [0.5, 0.6) is 0 Å². The molecule has 0 radical (unpaired) electrons. The lowest BCUT2D eigenvalue weighted by atomic mass is 9.79. The van der Waals surface area contributed by atoms with Crippen molar-refractivity contribution in [2.75, 3.05) is 26.4 Å². The number of aliphatic hydroxyl groups excluding tert-OH is 2. The molecule has 1 aliphatic carbocycles. The van der Waals surface area contributed by atoms with Crippen LogP contribution in [-0.2, 0) is 28.6 Å². The zero-order valence-corrected chi connectivity index (χ0v) is 28.8. The number of unbranched alkanes of at least 4 members (excludes halogenated alkanes) is 10. The van der Waals surface area contributed by atoms with E-state index in [2.05, 4.69) is 6.92 Å². The van der Waals surface area contributed by atoms with Crippen LogP contribution in [0.25, 0.3) is 0 Å². The maximum absolute atomic E-state index is 13.4. The van der Waals surface area contributed by atoms with Crippen LogP contribution < -0.4 is 0 Å². The molecule has 0 amide bonds. The fourth-order valence-electron chi connectivity index (χ4n) is 5.52. The molecule has 1 fully saturated rings. The fraction of sp³-hybridized carbons (Fsp3) is 0.917. The molecule has 8 nitrogen and oxygen atoms in total. The molecular formula is C36H66O8. The Balaban J connectivity index is 2.40. The molecule has 1 saturated carbocycles. The predicted molar refractivity (Wildman–Crippen MR) is 174 cm³/mol. The molecule has 2 N–H and O–H groups in total. The predicted octanol–water partition coefficient (Wildman–Crippen LogP) is 7.70. The van der Waals surface area contributed by atoms with E-state index in [-0.39, 0.29) is 55.9 Å². The zero-order valence-electron chi connectivity index (χ0n) is 28.8. The van der Waals surface area contributed by atoms with Crippen LogP contribution in [0.2, 0.25) is 0 Å². The molecule has 0 aromatic rings. The molecule has 3 atom stereocenters.